The molecule has 0 heterocycles. The minimum Gasteiger partial charge on any atom is -0.391 e. The molecule has 1 amide bonds. The fraction of sp³-hybridized carbons (Fsp3) is 0.938. The van der Waals surface area contributed by atoms with Gasteiger partial charge in [0.2, 0.25) is 5.91 Å². The lowest BCUT2D eigenvalue weighted by atomic mass is 9.85. The van der Waals surface area contributed by atoms with E-state index < -0.39 is 20.2 Å². The van der Waals surface area contributed by atoms with Gasteiger partial charge in [-0.05, 0) is 37.5 Å². The van der Waals surface area contributed by atoms with Crippen LogP contribution >= 0.6 is 8.03 Å². The quantitative estimate of drug-likeness (QED) is 0.473. The largest absolute Gasteiger partial charge is 0.391 e. The fourth-order valence-corrected chi connectivity index (χ4v) is 4.58. The van der Waals surface area contributed by atoms with Gasteiger partial charge in [-0.25, -0.2) is 0 Å². The molecule has 1 fully saturated rings. The highest BCUT2D eigenvalue weighted by Gasteiger charge is 2.29. The average Bonchev–Trinajstić information content (AvgIpc) is 2.50. The zero-order valence-corrected chi connectivity index (χ0v) is 15.3. The third-order valence-electron chi connectivity index (χ3n) is 4.64. The Morgan fingerprint density at radius 1 is 1.26 bits per heavy atom. The molecule has 6 nitrogen and oxygen atoms in total. The molecule has 2 unspecified atom stereocenters. The van der Waals surface area contributed by atoms with Gasteiger partial charge in [0.05, 0.1) is 12.1 Å². The molecule has 23 heavy (non-hydrogen) atoms. The Morgan fingerprint density at radius 2 is 1.87 bits per heavy atom. The Bertz CT molecular complexity index is 386. The lowest BCUT2D eigenvalue weighted by Gasteiger charge is -2.29. The lowest BCUT2D eigenvalue weighted by Crippen LogP contribution is -2.44. The van der Waals surface area contributed by atoms with Gasteiger partial charge < -0.3 is 21.1 Å². The minimum absolute atomic E-state index is 0.0863. The SMILES string of the molecule is CC(C)C[C@H](N)C(=O)NC[C@H](O)CC(C1CCCCC1)[PH](=O)O. The summed E-state index contributed by atoms with van der Waals surface area (Å²) in [4.78, 5) is 21.5. The van der Waals surface area contributed by atoms with Crippen LogP contribution in [0.4, 0.5) is 0 Å². The molecule has 1 aliphatic rings. The van der Waals surface area contributed by atoms with E-state index in [0.29, 0.717) is 12.3 Å². The number of hydrogen-bond donors (Lipinski definition) is 4. The van der Waals surface area contributed by atoms with Crippen LogP contribution in [-0.2, 0) is 9.36 Å². The van der Waals surface area contributed by atoms with Gasteiger partial charge in [-0.2, -0.15) is 0 Å². The molecule has 0 spiro atoms. The molecule has 5 N–H and O–H groups in total. The molecular weight excluding hydrogens is 315 g/mol. The van der Waals surface area contributed by atoms with Gasteiger partial charge in [-0.15, -0.1) is 0 Å². The number of carbonyl (C=O) groups is 1. The summed E-state index contributed by atoms with van der Waals surface area (Å²) in [7, 11) is -2.68. The predicted molar refractivity (Wildman–Crippen MR) is 92.6 cm³/mol. The summed E-state index contributed by atoms with van der Waals surface area (Å²) < 4.78 is 11.7. The molecule has 1 rings (SSSR count). The van der Waals surface area contributed by atoms with E-state index in [-0.39, 0.29) is 30.4 Å². The van der Waals surface area contributed by atoms with Crippen LogP contribution in [0.1, 0.15) is 58.8 Å². The molecule has 0 bridgehead atoms. The van der Waals surface area contributed by atoms with E-state index in [1.165, 1.54) is 6.42 Å². The summed E-state index contributed by atoms with van der Waals surface area (Å²) in [5, 5.41) is 12.8. The zero-order valence-electron chi connectivity index (χ0n) is 14.3. The number of aliphatic hydroxyl groups excluding tert-OH is 1. The van der Waals surface area contributed by atoms with Crippen molar-refractivity contribution < 1.29 is 19.4 Å². The van der Waals surface area contributed by atoms with E-state index in [0.717, 1.165) is 25.7 Å². The lowest BCUT2D eigenvalue weighted by molar-refractivity contribution is -0.123. The maximum absolute atomic E-state index is 11.9. The van der Waals surface area contributed by atoms with Crippen molar-refractivity contribution in [2.24, 2.45) is 17.6 Å². The van der Waals surface area contributed by atoms with Gasteiger partial charge in [0.25, 0.3) is 0 Å². The number of amides is 1. The number of rotatable bonds is 9. The smallest absolute Gasteiger partial charge is 0.237 e. The normalized spacial score (nSPS) is 21.7. The number of nitrogens with one attached hydrogen (secondary N) is 1. The van der Waals surface area contributed by atoms with Crippen LogP contribution in [0.3, 0.4) is 0 Å². The highest BCUT2D eigenvalue weighted by molar-refractivity contribution is 7.38. The minimum atomic E-state index is -2.68. The van der Waals surface area contributed by atoms with E-state index in [9.17, 15) is 19.4 Å². The molecule has 1 aliphatic carbocycles. The highest BCUT2D eigenvalue weighted by Crippen LogP contribution is 2.40. The van der Waals surface area contributed by atoms with Crippen LogP contribution in [0, 0.1) is 11.8 Å². The van der Waals surface area contributed by atoms with Crippen molar-refractivity contribution in [2.45, 2.75) is 76.6 Å². The molecule has 4 atom stereocenters. The molecule has 0 aliphatic heterocycles. The second kappa shape index (κ2) is 10.4. The van der Waals surface area contributed by atoms with Crippen LogP contribution in [0.2, 0.25) is 0 Å². The standard InChI is InChI=1S/C16H33N2O4P/c1-11(2)8-14(17)16(20)18-10-13(19)9-15(23(21)22)12-6-4-3-5-7-12/h11-15,19,23H,3-10,17H2,1-2H3,(H,18,20)(H,21,22)/t13-,14+,15?/m1/s1. The van der Waals surface area contributed by atoms with Gasteiger partial charge in [0.1, 0.15) is 0 Å². The summed E-state index contributed by atoms with van der Waals surface area (Å²) in [6.07, 6.45) is 5.33. The third-order valence-corrected chi connectivity index (χ3v) is 5.98. The second-order valence-electron chi connectivity index (χ2n) is 7.21. The van der Waals surface area contributed by atoms with Crippen LogP contribution in [0.15, 0.2) is 0 Å². The molecule has 0 saturated heterocycles. The molecule has 0 aromatic rings. The van der Waals surface area contributed by atoms with Gasteiger partial charge in [0, 0.05) is 12.2 Å². The van der Waals surface area contributed by atoms with Crippen LogP contribution in [0.5, 0.6) is 0 Å². The van der Waals surface area contributed by atoms with Crippen molar-refractivity contribution in [3.8, 4) is 0 Å². The number of hydrogen-bond acceptors (Lipinski definition) is 4. The van der Waals surface area contributed by atoms with Crippen molar-refractivity contribution in [2.75, 3.05) is 6.54 Å². The fourth-order valence-electron chi connectivity index (χ4n) is 3.37. The van der Waals surface area contributed by atoms with Crippen molar-refractivity contribution in [3.63, 3.8) is 0 Å². The van der Waals surface area contributed by atoms with Crippen molar-refractivity contribution in [3.05, 3.63) is 0 Å². The monoisotopic (exact) mass is 348 g/mol. The maximum Gasteiger partial charge on any atom is 0.237 e. The first-order valence-corrected chi connectivity index (χ1v) is 10.2. The molecule has 1 saturated carbocycles. The predicted octanol–water partition coefficient (Wildman–Crippen LogP) is 1.64. The summed E-state index contributed by atoms with van der Waals surface area (Å²) in [5.74, 6) is 0.272. The van der Waals surface area contributed by atoms with Gasteiger partial charge in [-0.3, -0.25) is 9.36 Å². The number of aliphatic hydroxyl groups is 1. The topological polar surface area (TPSA) is 113 Å². The summed E-state index contributed by atoms with van der Waals surface area (Å²) >= 11 is 0. The van der Waals surface area contributed by atoms with Crippen LogP contribution in [-0.4, -0.2) is 40.3 Å². The van der Waals surface area contributed by atoms with Crippen molar-refractivity contribution in [1.82, 2.24) is 5.32 Å². The number of carbonyl (C=O) groups excluding carboxylic acids is 1. The molecule has 0 radical (unpaired) electrons. The van der Waals surface area contributed by atoms with E-state index in [1.54, 1.807) is 0 Å². The van der Waals surface area contributed by atoms with Crippen LogP contribution in [0.25, 0.3) is 0 Å². The second-order valence-corrected chi connectivity index (χ2v) is 8.63. The average molecular weight is 348 g/mol. The summed E-state index contributed by atoms with van der Waals surface area (Å²) in [6, 6.07) is -0.576. The Hall–Kier alpha value is -0.420. The van der Waals surface area contributed by atoms with E-state index in [4.69, 9.17) is 5.73 Å². The Kier molecular flexibility index (Phi) is 9.37. The molecule has 7 heteroatoms. The zero-order chi connectivity index (χ0) is 17.4. The molecule has 136 valence electrons. The Labute approximate surface area is 140 Å². The van der Waals surface area contributed by atoms with Gasteiger partial charge >= 0.3 is 0 Å². The maximum atomic E-state index is 11.9. The Balaban J connectivity index is 2.41. The molecule has 0 aromatic heterocycles. The van der Waals surface area contributed by atoms with E-state index in [1.807, 2.05) is 13.8 Å². The highest BCUT2D eigenvalue weighted by atomic mass is 31.1. The van der Waals surface area contributed by atoms with Crippen LogP contribution < -0.4 is 11.1 Å². The van der Waals surface area contributed by atoms with Gasteiger partial charge in [0.15, 0.2) is 8.03 Å². The molecular formula is C16H33N2O4P. The summed E-state index contributed by atoms with van der Waals surface area (Å²) in [6.45, 7) is 4.08. The Morgan fingerprint density at radius 3 is 2.39 bits per heavy atom. The first kappa shape index (κ1) is 20.6. The van der Waals surface area contributed by atoms with E-state index >= 15 is 0 Å². The van der Waals surface area contributed by atoms with Crippen molar-refractivity contribution in [1.29, 1.82) is 0 Å². The number of nitrogens with two attached hydrogens (primary N) is 1. The van der Waals surface area contributed by atoms with E-state index in [2.05, 4.69) is 5.32 Å². The molecule has 0 aromatic carbocycles. The third kappa shape index (κ3) is 7.79. The first-order chi connectivity index (χ1) is 10.8. The van der Waals surface area contributed by atoms with Gasteiger partial charge in [-0.1, -0.05) is 33.1 Å². The first-order valence-electron chi connectivity index (χ1n) is 8.75. The summed E-state index contributed by atoms with van der Waals surface area (Å²) in [5.41, 5.74) is 5.44. The van der Waals surface area contributed by atoms with Crippen molar-refractivity contribution >= 4 is 13.9 Å².